The molecule has 0 spiro atoms. The van der Waals surface area contributed by atoms with E-state index in [-0.39, 0.29) is 18.0 Å². The molecule has 2 nitrogen and oxygen atoms in total. The molecule has 1 unspecified atom stereocenters. The van der Waals surface area contributed by atoms with Crippen LogP contribution in [0, 0.1) is 17.8 Å². The van der Waals surface area contributed by atoms with Gasteiger partial charge in [0.05, 0.1) is 5.92 Å². The topological polar surface area (TPSA) is 26.3 Å². The van der Waals surface area contributed by atoms with Gasteiger partial charge in [0.2, 0.25) is 0 Å². The Balaban J connectivity index is 2.32. The van der Waals surface area contributed by atoms with Gasteiger partial charge in [0.1, 0.15) is 6.10 Å². The minimum Gasteiger partial charge on any atom is -0.461 e. The Morgan fingerprint density at radius 3 is 2.46 bits per heavy atom. The summed E-state index contributed by atoms with van der Waals surface area (Å²) in [6, 6.07) is 0. The van der Waals surface area contributed by atoms with Crippen LogP contribution in [0.1, 0.15) is 40.5 Å². The number of carbonyl (C=O) groups is 1. The molecule has 1 aliphatic rings. The summed E-state index contributed by atoms with van der Waals surface area (Å²) >= 11 is 0. The third-order valence-corrected chi connectivity index (χ3v) is 3.15. The van der Waals surface area contributed by atoms with Crippen molar-refractivity contribution < 1.29 is 9.53 Å². The van der Waals surface area contributed by atoms with E-state index in [1.165, 1.54) is 12.8 Å². The fraction of sp³-hybridized carbons (Fsp3) is 0.909. The number of ether oxygens (including phenoxy) is 1. The smallest absolute Gasteiger partial charge is 0.312 e. The van der Waals surface area contributed by atoms with E-state index in [0.29, 0.717) is 5.92 Å². The number of hydrogen-bond acceptors (Lipinski definition) is 2. The molecule has 1 heterocycles. The van der Waals surface area contributed by atoms with E-state index in [1.807, 2.05) is 6.92 Å². The first-order chi connectivity index (χ1) is 6.06. The van der Waals surface area contributed by atoms with Gasteiger partial charge < -0.3 is 4.74 Å². The molecule has 76 valence electrons. The summed E-state index contributed by atoms with van der Waals surface area (Å²) in [6.07, 6.45) is 2.56. The molecule has 0 aromatic heterocycles. The molecular formula is C11H20O2. The molecule has 0 aromatic rings. The lowest BCUT2D eigenvalue weighted by molar-refractivity contribution is -0.189. The quantitative estimate of drug-likeness (QED) is 0.628. The first kappa shape index (κ1) is 10.6. The summed E-state index contributed by atoms with van der Waals surface area (Å²) in [5, 5.41) is 0. The van der Waals surface area contributed by atoms with Crippen molar-refractivity contribution in [3.63, 3.8) is 0 Å². The lowest BCUT2D eigenvalue weighted by Crippen LogP contribution is -2.47. The second-order valence-corrected chi connectivity index (χ2v) is 4.42. The summed E-state index contributed by atoms with van der Waals surface area (Å²) in [6.45, 7) is 8.60. The highest BCUT2D eigenvalue weighted by Crippen LogP contribution is 2.31. The molecule has 0 aromatic carbocycles. The van der Waals surface area contributed by atoms with Gasteiger partial charge in [-0.1, -0.05) is 27.2 Å². The van der Waals surface area contributed by atoms with E-state index in [9.17, 15) is 4.79 Å². The maximum atomic E-state index is 10.9. The van der Waals surface area contributed by atoms with Crippen molar-refractivity contribution >= 4 is 5.97 Å². The minimum atomic E-state index is -0.0269. The van der Waals surface area contributed by atoms with Gasteiger partial charge in [-0.3, -0.25) is 4.79 Å². The highest BCUT2D eigenvalue weighted by molar-refractivity contribution is 5.78. The molecule has 0 aliphatic carbocycles. The molecule has 4 atom stereocenters. The third-order valence-electron chi connectivity index (χ3n) is 3.15. The van der Waals surface area contributed by atoms with Crippen LogP contribution < -0.4 is 0 Å². The van der Waals surface area contributed by atoms with Crippen molar-refractivity contribution in [3.05, 3.63) is 0 Å². The normalized spacial score (nSPS) is 31.8. The molecule has 0 saturated carbocycles. The SMILES string of the molecule is CC[C@@H](C)C[C@@H](C)C1OC(=O)[C@H]1C. The van der Waals surface area contributed by atoms with Gasteiger partial charge in [-0.05, 0) is 25.2 Å². The maximum absolute atomic E-state index is 10.9. The Kier molecular flexibility index (Phi) is 3.34. The van der Waals surface area contributed by atoms with Crippen LogP contribution in [0.25, 0.3) is 0 Å². The van der Waals surface area contributed by atoms with Gasteiger partial charge in [-0.2, -0.15) is 0 Å². The van der Waals surface area contributed by atoms with E-state index >= 15 is 0 Å². The van der Waals surface area contributed by atoms with Crippen molar-refractivity contribution in [1.29, 1.82) is 0 Å². The number of cyclic esters (lactones) is 1. The Morgan fingerprint density at radius 2 is 2.08 bits per heavy atom. The molecule has 2 heteroatoms. The lowest BCUT2D eigenvalue weighted by atomic mass is 9.83. The highest BCUT2D eigenvalue weighted by atomic mass is 16.6. The monoisotopic (exact) mass is 184 g/mol. The largest absolute Gasteiger partial charge is 0.461 e. The number of rotatable bonds is 4. The van der Waals surface area contributed by atoms with E-state index in [4.69, 9.17) is 4.74 Å². The summed E-state index contributed by atoms with van der Waals surface area (Å²) in [5.74, 6) is 1.35. The predicted octanol–water partition coefficient (Wildman–Crippen LogP) is 2.62. The summed E-state index contributed by atoms with van der Waals surface area (Å²) in [5.41, 5.74) is 0. The van der Waals surface area contributed by atoms with Gasteiger partial charge in [0, 0.05) is 0 Å². The molecule has 0 radical (unpaired) electrons. The zero-order valence-electron chi connectivity index (χ0n) is 9.04. The lowest BCUT2D eigenvalue weighted by Gasteiger charge is -2.37. The van der Waals surface area contributed by atoms with Crippen molar-refractivity contribution in [1.82, 2.24) is 0 Å². The van der Waals surface area contributed by atoms with Crippen LogP contribution in [0.2, 0.25) is 0 Å². The zero-order valence-corrected chi connectivity index (χ0v) is 9.04. The highest BCUT2D eigenvalue weighted by Gasteiger charge is 2.41. The first-order valence-corrected chi connectivity index (χ1v) is 5.26. The number of hydrogen-bond donors (Lipinski definition) is 0. The van der Waals surface area contributed by atoms with Crippen LogP contribution in [0.5, 0.6) is 0 Å². The fourth-order valence-electron chi connectivity index (χ4n) is 1.95. The van der Waals surface area contributed by atoms with Gasteiger partial charge >= 0.3 is 5.97 Å². The Bertz CT molecular complexity index is 189. The van der Waals surface area contributed by atoms with E-state index in [1.54, 1.807) is 0 Å². The van der Waals surface area contributed by atoms with Crippen LogP contribution in [-0.2, 0) is 9.53 Å². The van der Waals surface area contributed by atoms with Crippen LogP contribution in [0.3, 0.4) is 0 Å². The average molecular weight is 184 g/mol. The molecule has 1 rings (SSSR count). The second kappa shape index (κ2) is 4.12. The molecule has 1 aliphatic heterocycles. The predicted molar refractivity (Wildman–Crippen MR) is 52.3 cm³/mol. The van der Waals surface area contributed by atoms with E-state index in [2.05, 4.69) is 20.8 Å². The third kappa shape index (κ3) is 2.23. The van der Waals surface area contributed by atoms with Crippen LogP contribution >= 0.6 is 0 Å². The van der Waals surface area contributed by atoms with Crippen LogP contribution in [-0.4, -0.2) is 12.1 Å². The summed E-state index contributed by atoms with van der Waals surface area (Å²) in [4.78, 5) is 10.9. The number of carbonyl (C=O) groups excluding carboxylic acids is 1. The van der Waals surface area contributed by atoms with Gasteiger partial charge in [0.15, 0.2) is 0 Å². The summed E-state index contributed by atoms with van der Waals surface area (Å²) in [7, 11) is 0. The molecule has 0 bridgehead atoms. The Hall–Kier alpha value is -0.530. The van der Waals surface area contributed by atoms with E-state index < -0.39 is 0 Å². The minimum absolute atomic E-state index is 0.0269. The van der Waals surface area contributed by atoms with Gasteiger partial charge in [0.25, 0.3) is 0 Å². The standard InChI is InChI=1S/C11H20O2/c1-5-7(2)6-8(3)10-9(4)11(12)13-10/h7-10H,5-6H2,1-4H3/t7-,8-,9+,10?/m1/s1. The average Bonchev–Trinajstić information content (AvgIpc) is 2.12. The molecule has 1 saturated heterocycles. The second-order valence-electron chi connectivity index (χ2n) is 4.42. The molecule has 13 heavy (non-hydrogen) atoms. The van der Waals surface area contributed by atoms with Crippen molar-refractivity contribution in [2.45, 2.75) is 46.6 Å². The summed E-state index contributed by atoms with van der Waals surface area (Å²) < 4.78 is 5.12. The van der Waals surface area contributed by atoms with E-state index in [0.717, 1.165) is 5.92 Å². The molecule has 0 N–H and O–H groups in total. The van der Waals surface area contributed by atoms with Crippen molar-refractivity contribution in [2.75, 3.05) is 0 Å². The van der Waals surface area contributed by atoms with Crippen molar-refractivity contribution in [3.8, 4) is 0 Å². The van der Waals surface area contributed by atoms with Crippen LogP contribution in [0.4, 0.5) is 0 Å². The van der Waals surface area contributed by atoms with Gasteiger partial charge in [-0.25, -0.2) is 0 Å². The van der Waals surface area contributed by atoms with Crippen LogP contribution in [0.15, 0.2) is 0 Å². The molecular weight excluding hydrogens is 164 g/mol. The molecule has 0 amide bonds. The number of esters is 1. The van der Waals surface area contributed by atoms with Crippen molar-refractivity contribution in [2.24, 2.45) is 17.8 Å². The Morgan fingerprint density at radius 1 is 1.46 bits per heavy atom. The first-order valence-electron chi connectivity index (χ1n) is 5.26. The zero-order chi connectivity index (χ0) is 10.0. The maximum Gasteiger partial charge on any atom is 0.312 e. The molecule has 1 fully saturated rings. The fourth-order valence-corrected chi connectivity index (χ4v) is 1.95. The Labute approximate surface area is 80.7 Å². The van der Waals surface area contributed by atoms with Gasteiger partial charge in [-0.15, -0.1) is 0 Å².